The Morgan fingerprint density at radius 1 is 0.917 bits per heavy atom. The summed E-state index contributed by atoms with van der Waals surface area (Å²) in [6.07, 6.45) is 6.61. The van der Waals surface area contributed by atoms with E-state index in [2.05, 4.69) is 14.7 Å². The number of carbonyl (C=O) groups is 1. The van der Waals surface area contributed by atoms with Crippen LogP contribution in [-0.2, 0) is 9.53 Å². The van der Waals surface area contributed by atoms with Crippen molar-refractivity contribution in [3.8, 4) is 0 Å². The first-order valence-corrected chi connectivity index (χ1v) is 10.1. The molecule has 0 aromatic heterocycles. The van der Waals surface area contributed by atoms with Gasteiger partial charge in [-0.3, -0.25) is 14.6 Å². The number of carbonyl (C=O) groups excluding carboxylic acids is 1. The van der Waals surface area contributed by atoms with Crippen LogP contribution < -0.4 is 0 Å². The third-order valence-electron chi connectivity index (χ3n) is 7.48. The average Bonchev–Trinajstić information content (AvgIpc) is 3.20. The average molecular weight is 333 g/mol. The molecule has 2 saturated carbocycles. The Morgan fingerprint density at radius 2 is 1.67 bits per heavy atom. The van der Waals surface area contributed by atoms with Crippen LogP contribution in [0.5, 0.6) is 0 Å². The molecule has 4 atom stereocenters. The normalized spacial score (nSPS) is 40.8. The standard InChI is InChI=1S/C19H31N3O2/c23-19-17-15-1-2-16(11-15)18(17)22(19)13-21-5-3-14(4-6-21)12-20-7-9-24-10-8-20/h14-18H,1-13H2/t15-,16-,17-,18+/m0/s1. The van der Waals surface area contributed by atoms with Crippen molar-refractivity contribution in [3.63, 3.8) is 0 Å². The molecular formula is C19H31N3O2. The molecule has 2 bridgehead atoms. The number of nitrogens with zero attached hydrogens (tertiary/aromatic N) is 3. The van der Waals surface area contributed by atoms with E-state index in [1.54, 1.807) is 0 Å². The fourth-order valence-electron chi connectivity index (χ4n) is 6.15. The summed E-state index contributed by atoms with van der Waals surface area (Å²) in [6.45, 7) is 8.51. The number of ether oxygens (including phenoxy) is 1. The summed E-state index contributed by atoms with van der Waals surface area (Å²) in [7, 11) is 0. The van der Waals surface area contributed by atoms with Crippen molar-refractivity contribution >= 4 is 5.91 Å². The highest BCUT2D eigenvalue weighted by Crippen LogP contribution is 2.56. The van der Waals surface area contributed by atoms with Crippen molar-refractivity contribution in [3.05, 3.63) is 0 Å². The molecule has 3 saturated heterocycles. The van der Waals surface area contributed by atoms with Gasteiger partial charge in [-0.2, -0.15) is 0 Å². The third-order valence-corrected chi connectivity index (χ3v) is 7.48. The SMILES string of the molecule is O=C1[C@H]2[C@H]3CC[C@@H](C3)[C@H]2N1CN1CCC(CN2CCOCC2)CC1. The quantitative estimate of drug-likeness (QED) is 0.726. The van der Waals surface area contributed by atoms with Gasteiger partial charge >= 0.3 is 0 Å². The molecule has 24 heavy (non-hydrogen) atoms. The summed E-state index contributed by atoms with van der Waals surface area (Å²) >= 11 is 0. The molecule has 5 aliphatic rings. The van der Waals surface area contributed by atoms with E-state index in [-0.39, 0.29) is 0 Å². The number of hydrogen-bond acceptors (Lipinski definition) is 4. The van der Waals surface area contributed by atoms with Gasteiger partial charge in [0.2, 0.25) is 5.91 Å². The van der Waals surface area contributed by atoms with Crippen LogP contribution >= 0.6 is 0 Å². The van der Waals surface area contributed by atoms with Gasteiger partial charge in [0.05, 0.1) is 25.8 Å². The zero-order valence-electron chi connectivity index (χ0n) is 14.7. The van der Waals surface area contributed by atoms with E-state index in [0.29, 0.717) is 17.9 Å². The molecule has 134 valence electrons. The van der Waals surface area contributed by atoms with Gasteiger partial charge < -0.3 is 9.64 Å². The molecule has 5 nitrogen and oxygen atoms in total. The Balaban J connectivity index is 1.09. The summed E-state index contributed by atoms with van der Waals surface area (Å²) in [6, 6.07) is 0.613. The van der Waals surface area contributed by atoms with E-state index < -0.39 is 0 Å². The van der Waals surface area contributed by atoms with Gasteiger partial charge in [0.1, 0.15) is 0 Å². The van der Waals surface area contributed by atoms with Crippen LogP contribution in [0.1, 0.15) is 32.1 Å². The van der Waals surface area contributed by atoms with Crippen molar-refractivity contribution < 1.29 is 9.53 Å². The fourth-order valence-corrected chi connectivity index (χ4v) is 6.15. The number of β-lactam (4-membered cyclic amide) rings is 1. The van der Waals surface area contributed by atoms with Gasteiger partial charge in [0.25, 0.3) is 0 Å². The van der Waals surface area contributed by atoms with E-state index in [9.17, 15) is 4.79 Å². The number of piperidine rings is 1. The van der Waals surface area contributed by atoms with E-state index in [1.807, 2.05) is 0 Å². The minimum absolute atomic E-state index is 0.419. The molecular weight excluding hydrogens is 302 g/mol. The lowest BCUT2D eigenvalue weighted by Crippen LogP contribution is -2.65. The van der Waals surface area contributed by atoms with Crippen LogP contribution in [0.4, 0.5) is 0 Å². The molecule has 3 aliphatic heterocycles. The molecule has 0 aromatic carbocycles. The summed E-state index contributed by atoms with van der Waals surface area (Å²) in [4.78, 5) is 19.9. The van der Waals surface area contributed by atoms with Crippen molar-refractivity contribution in [2.24, 2.45) is 23.7 Å². The molecule has 5 fully saturated rings. The lowest BCUT2D eigenvalue weighted by Gasteiger charge is -2.51. The highest BCUT2D eigenvalue weighted by atomic mass is 16.5. The van der Waals surface area contributed by atoms with Gasteiger partial charge in [-0.1, -0.05) is 0 Å². The first-order chi connectivity index (χ1) is 11.8. The Labute approximate surface area is 145 Å². The van der Waals surface area contributed by atoms with Gasteiger partial charge in [-0.25, -0.2) is 0 Å². The first kappa shape index (κ1) is 15.6. The maximum Gasteiger partial charge on any atom is 0.229 e. The molecule has 0 N–H and O–H groups in total. The van der Waals surface area contributed by atoms with E-state index in [1.165, 1.54) is 51.7 Å². The number of likely N-dealkylation sites (tertiary alicyclic amines) is 2. The van der Waals surface area contributed by atoms with Crippen LogP contribution in [-0.4, -0.2) is 79.3 Å². The van der Waals surface area contributed by atoms with Crippen molar-refractivity contribution in [2.75, 3.05) is 52.6 Å². The smallest absolute Gasteiger partial charge is 0.229 e. The Bertz CT molecular complexity index is 485. The maximum absolute atomic E-state index is 12.5. The molecule has 3 heterocycles. The molecule has 0 aromatic rings. The Morgan fingerprint density at radius 3 is 2.46 bits per heavy atom. The first-order valence-electron chi connectivity index (χ1n) is 10.1. The van der Waals surface area contributed by atoms with Crippen LogP contribution in [0.3, 0.4) is 0 Å². The zero-order valence-corrected chi connectivity index (χ0v) is 14.7. The van der Waals surface area contributed by atoms with E-state index >= 15 is 0 Å². The summed E-state index contributed by atoms with van der Waals surface area (Å²) < 4.78 is 5.45. The lowest BCUT2D eigenvalue weighted by atomic mass is 9.76. The van der Waals surface area contributed by atoms with Crippen LogP contribution in [0.2, 0.25) is 0 Å². The minimum atomic E-state index is 0.419. The molecule has 5 heteroatoms. The van der Waals surface area contributed by atoms with Gasteiger partial charge in [-0.05, 0) is 49.9 Å². The largest absolute Gasteiger partial charge is 0.379 e. The summed E-state index contributed by atoms with van der Waals surface area (Å²) in [5.74, 6) is 3.30. The van der Waals surface area contributed by atoms with Crippen LogP contribution in [0.15, 0.2) is 0 Å². The van der Waals surface area contributed by atoms with E-state index in [0.717, 1.165) is 50.7 Å². The van der Waals surface area contributed by atoms with Gasteiger partial charge in [0, 0.05) is 38.8 Å². The maximum atomic E-state index is 12.5. The fraction of sp³-hybridized carbons (Fsp3) is 0.947. The lowest BCUT2D eigenvalue weighted by molar-refractivity contribution is -0.165. The topological polar surface area (TPSA) is 36.0 Å². The van der Waals surface area contributed by atoms with Crippen LogP contribution in [0.25, 0.3) is 0 Å². The van der Waals surface area contributed by atoms with Crippen molar-refractivity contribution in [1.82, 2.24) is 14.7 Å². The van der Waals surface area contributed by atoms with Crippen molar-refractivity contribution in [1.29, 1.82) is 0 Å². The molecule has 0 unspecified atom stereocenters. The molecule has 5 rings (SSSR count). The summed E-state index contributed by atoms with van der Waals surface area (Å²) in [5.41, 5.74) is 0. The van der Waals surface area contributed by atoms with Crippen molar-refractivity contribution in [2.45, 2.75) is 38.1 Å². The molecule has 2 aliphatic carbocycles. The molecule has 0 radical (unpaired) electrons. The Hall–Kier alpha value is -0.650. The highest BCUT2D eigenvalue weighted by Gasteiger charge is 2.61. The van der Waals surface area contributed by atoms with Gasteiger partial charge in [0.15, 0.2) is 0 Å². The molecule has 1 amide bonds. The second kappa shape index (κ2) is 6.26. The third kappa shape index (κ3) is 2.60. The monoisotopic (exact) mass is 333 g/mol. The number of rotatable bonds is 4. The highest BCUT2D eigenvalue weighted by molar-refractivity contribution is 5.87. The summed E-state index contributed by atoms with van der Waals surface area (Å²) in [5, 5.41) is 0. The number of amides is 1. The number of fused-ring (bicyclic) bond motifs is 5. The second-order valence-corrected chi connectivity index (χ2v) is 8.77. The van der Waals surface area contributed by atoms with E-state index in [4.69, 9.17) is 4.74 Å². The van der Waals surface area contributed by atoms with Gasteiger partial charge in [-0.15, -0.1) is 0 Å². The van der Waals surface area contributed by atoms with Crippen LogP contribution in [0, 0.1) is 23.7 Å². The zero-order chi connectivity index (χ0) is 16.1. The number of morpholine rings is 1. The minimum Gasteiger partial charge on any atom is -0.379 e. The predicted molar refractivity (Wildman–Crippen MR) is 91.4 cm³/mol. The number of hydrogen-bond donors (Lipinski definition) is 0. The molecule has 0 spiro atoms. The Kier molecular flexibility index (Phi) is 4.07. The second-order valence-electron chi connectivity index (χ2n) is 8.77. The predicted octanol–water partition coefficient (Wildman–Crippen LogP) is 1.25.